The minimum Gasteiger partial charge on any atom is -0.133 e. The second-order valence-corrected chi connectivity index (χ2v) is 4.34. The van der Waals surface area contributed by atoms with Gasteiger partial charge in [0.05, 0.1) is 0 Å². The Morgan fingerprint density at radius 1 is 0.812 bits per heavy atom. The average Bonchev–Trinajstić information content (AvgIpc) is 2.31. The highest BCUT2D eigenvalue weighted by Gasteiger charge is 1.90. The van der Waals surface area contributed by atoms with Crippen molar-refractivity contribution < 1.29 is 0 Å². The summed E-state index contributed by atoms with van der Waals surface area (Å²) in [6, 6.07) is 0. The number of hydrogen-bond donors (Lipinski definition) is 0. The van der Waals surface area contributed by atoms with E-state index in [1.807, 2.05) is 6.08 Å². The van der Waals surface area contributed by atoms with E-state index in [9.17, 15) is 0 Å². The summed E-state index contributed by atoms with van der Waals surface area (Å²) < 4.78 is 0. The van der Waals surface area contributed by atoms with Crippen LogP contribution in [0.3, 0.4) is 0 Å². The lowest BCUT2D eigenvalue weighted by atomic mass is 10.1. The fourth-order valence-corrected chi connectivity index (χ4v) is 1.78. The van der Waals surface area contributed by atoms with E-state index in [1.54, 1.807) is 0 Å². The van der Waals surface area contributed by atoms with E-state index in [0.717, 1.165) is 6.42 Å². The molecule has 0 nitrogen and oxygen atoms in total. The van der Waals surface area contributed by atoms with E-state index >= 15 is 0 Å². The van der Waals surface area contributed by atoms with Crippen LogP contribution in [0.2, 0.25) is 0 Å². The first-order valence-electron chi connectivity index (χ1n) is 6.91. The highest BCUT2D eigenvalue weighted by molar-refractivity contribution is 4.79. The molecule has 0 N–H and O–H groups in total. The summed E-state index contributed by atoms with van der Waals surface area (Å²) in [5.74, 6) is 0. The van der Waals surface area contributed by atoms with Gasteiger partial charge in [0.1, 0.15) is 0 Å². The average molecular weight is 220 g/mol. The van der Waals surface area contributed by atoms with Crippen molar-refractivity contribution in [3.05, 3.63) is 30.5 Å². The van der Waals surface area contributed by atoms with E-state index in [1.165, 1.54) is 57.8 Å². The molecule has 0 bridgehead atoms. The Hall–Kier alpha value is -0.740. The van der Waals surface area contributed by atoms with Crippen molar-refractivity contribution in [2.75, 3.05) is 0 Å². The molecule has 0 radical (unpaired) electrons. The molecule has 0 aromatic carbocycles. The molecular formula is C16H28. The van der Waals surface area contributed by atoms with Crippen molar-refractivity contribution in [1.29, 1.82) is 0 Å². The first-order valence-corrected chi connectivity index (χ1v) is 6.91. The Kier molecular flexibility index (Phi) is 13.6. The molecule has 0 amide bonds. The molecule has 0 aliphatic rings. The molecule has 16 heavy (non-hydrogen) atoms. The van der Waals surface area contributed by atoms with E-state index in [0.29, 0.717) is 0 Å². The van der Waals surface area contributed by atoms with Gasteiger partial charge in [0.15, 0.2) is 0 Å². The third-order valence-electron chi connectivity index (χ3n) is 2.77. The first-order chi connectivity index (χ1) is 7.91. The van der Waals surface area contributed by atoms with Gasteiger partial charge in [-0.15, -0.1) is 5.73 Å². The number of unbranched alkanes of at least 4 members (excludes halogenated alkanes) is 8. The first kappa shape index (κ1) is 15.3. The molecule has 0 unspecified atom stereocenters. The predicted molar refractivity (Wildman–Crippen MR) is 74.7 cm³/mol. The zero-order valence-electron chi connectivity index (χ0n) is 11.0. The summed E-state index contributed by atoms with van der Waals surface area (Å²) in [4.78, 5) is 0. The zero-order chi connectivity index (χ0) is 11.9. The van der Waals surface area contributed by atoms with Crippen LogP contribution in [0.15, 0.2) is 30.5 Å². The Labute approximate surface area is 102 Å². The second-order valence-electron chi connectivity index (χ2n) is 4.34. The van der Waals surface area contributed by atoms with E-state index in [2.05, 4.69) is 31.4 Å². The van der Waals surface area contributed by atoms with Crippen molar-refractivity contribution >= 4 is 0 Å². The summed E-state index contributed by atoms with van der Waals surface area (Å²) in [5, 5.41) is 0. The Morgan fingerprint density at radius 3 is 1.94 bits per heavy atom. The van der Waals surface area contributed by atoms with Gasteiger partial charge in [-0.1, -0.05) is 57.8 Å². The maximum absolute atomic E-state index is 3.56. The summed E-state index contributed by atoms with van der Waals surface area (Å²) in [5.41, 5.74) is 2.82. The lowest BCUT2D eigenvalue weighted by Gasteiger charge is -1.99. The van der Waals surface area contributed by atoms with Crippen molar-refractivity contribution in [1.82, 2.24) is 0 Å². The Bertz CT molecular complexity index is 194. The van der Waals surface area contributed by atoms with Gasteiger partial charge in [0.25, 0.3) is 0 Å². The topological polar surface area (TPSA) is 0 Å². The summed E-state index contributed by atoms with van der Waals surface area (Å²) in [6.07, 6.45) is 19.9. The molecule has 0 aromatic rings. The Morgan fingerprint density at radius 2 is 1.38 bits per heavy atom. The normalized spacial score (nSPS) is 10.6. The molecule has 92 valence electrons. The molecule has 0 spiro atoms. The van der Waals surface area contributed by atoms with E-state index in [-0.39, 0.29) is 0 Å². The van der Waals surface area contributed by atoms with Crippen LogP contribution in [0.4, 0.5) is 0 Å². The molecule has 0 aliphatic heterocycles. The van der Waals surface area contributed by atoms with Crippen molar-refractivity contribution in [2.45, 2.75) is 71.1 Å². The molecule has 0 atom stereocenters. The largest absolute Gasteiger partial charge is 0.133 e. The monoisotopic (exact) mass is 220 g/mol. The van der Waals surface area contributed by atoms with Gasteiger partial charge >= 0.3 is 0 Å². The van der Waals surface area contributed by atoms with Crippen molar-refractivity contribution in [3.63, 3.8) is 0 Å². The van der Waals surface area contributed by atoms with Crippen LogP contribution in [0.1, 0.15) is 71.1 Å². The van der Waals surface area contributed by atoms with Gasteiger partial charge in [-0.25, -0.2) is 0 Å². The van der Waals surface area contributed by atoms with E-state index < -0.39 is 0 Å². The van der Waals surface area contributed by atoms with Gasteiger partial charge < -0.3 is 0 Å². The van der Waals surface area contributed by atoms with Crippen LogP contribution in [-0.4, -0.2) is 0 Å². The molecular weight excluding hydrogens is 192 g/mol. The number of rotatable bonds is 11. The number of hydrogen-bond acceptors (Lipinski definition) is 0. The van der Waals surface area contributed by atoms with Gasteiger partial charge in [0, 0.05) is 0 Å². The Balaban J connectivity index is 2.98. The fraction of sp³-hybridized carbons (Fsp3) is 0.688. The van der Waals surface area contributed by atoms with Crippen molar-refractivity contribution in [3.8, 4) is 0 Å². The third-order valence-corrected chi connectivity index (χ3v) is 2.77. The van der Waals surface area contributed by atoms with Crippen LogP contribution in [-0.2, 0) is 0 Å². The van der Waals surface area contributed by atoms with Crippen molar-refractivity contribution in [2.24, 2.45) is 0 Å². The molecule has 0 saturated heterocycles. The molecule has 0 rings (SSSR count). The fourth-order valence-electron chi connectivity index (χ4n) is 1.78. The standard InChI is InChI=1S/C16H28/c1-3-5-7-9-11-13-15-16-14-12-10-8-6-4-2/h5-6,8H,1,4,7,9-16H2,2H3. The van der Waals surface area contributed by atoms with Gasteiger partial charge in [0.2, 0.25) is 0 Å². The molecule has 0 heterocycles. The minimum absolute atomic E-state index is 1.16. The van der Waals surface area contributed by atoms with Gasteiger partial charge in [-0.2, -0.15) is 0 Å². The van der Waals surface area contributed by atoms with Crippen LogP contribution in [0, 0.1) is 0 Å². The third kappa shape index (κ3) is 13.3. The van der Waals surface area contributed by atoms with Crippen LogP contribution < -0.4 is 0 Å². The maximum Gasteiger partial charge on any atom is -0.0275 e. The molecule has 0 aromatic heterocycles. The van der Waals surface area contributed by atoms with Gasteiger partial charge in [-0.05, 0) is 38.2 Å². The number of allylic oxidation sites excluding steroid dienone is 3. The molecule has 0 heteroatoms. The van der Waals surface area contributed by atoms with Crippen LogP contribution >= 0.6 is 0 Å². The minimum atomic E-state index is 1.16. The second kappa shape index (κ2) is 14.3. The smallest absolute Gasteiger partial charge is 0.0275 e. The SMILES string of the molecule is C=C=CCCCCCCCCCC=CCC. The van der Waals surface area contributed by atoms with Crippen LogP contribution in [0.25, 0.3) is 0 Å². The summed E-state index contributed by atoms with van der Waals surface area (Å²) in [6.45, 7) is 5.76. The molecule has 0 saturated carbocycles. The predicted octanol–water partition coefficient (Wildman–Crippen LogP) is 5.80. The van der Waals surface area contributed by atoms with Crippen LogP contribution in [0.5, 0.6) is 0 Å². The molecule has 0 aliphatic carbocycles. The maximum atomic E-state index is 3.56. The highest BCUT2D eigenvalue weighted by atomic mass is 14.0. The summed E-state index contributed by atoms with van der Waals surface area (Å²) >= 11 is 0. The van der Waals surface area contributed by atoms with Gasteiger partial charge in [-0.3, -0.25) is 0 Å². The zero-order valence-corrected chi connectivity index (χ0v) is 11.0. The quantitative estimate of drug-likeness (QED) is 0.234. The highest BCUT2D eigenvalue weighted by Crippen LogP contribution is 2.10. The lowest BCUT2D eigenvalue weighted by Crippen LogP contribution is -1.80. The van der Waals surface area contributed by atoms with E-state index in [4.69, 9.17) is 0 Å². The lowest BCUT2D eigenvalue weighted by molar-refractivity contribution is 0.583. The summed E-state index contributed by atoms with van der Waals surface area (Å²) in [7, 11) is 0. The molecule has 0 fully saturated rings.